The molecule has 0 heterocycles. The molecule has 1 aliphatic carbocycles. The standard InChI is InChI=1S/C21H32O/c1-3-5-7-8-12-15-19-17-21(19,16-6-4-2)20(22)18-13-10-9-11-14-18/h9-11,13-14,19H,3-8,12,15-17H2,1-2H3/t19-,21-/m1/s1. The van der Waals surface area contributed by atoms with Crippen molar-refractivity contribution < 1.29 is 4.79 Å². The van der Waals surface area contributed by atoms with Gasteiger partial charge in [-0.1, -0.05) is 89.1 Å². The van der Waals surface area contributed by atoms with Crippen molar-refractivity contribution in [3.8, 4) is 0 Å². The van der Waals surface area contributed by atoms with E-state index < -0.39 is 0 Å². The maximum Gasteiger partial charge on any atom is 0.169 e. The van der Waals surface area contributed by atoms with Crippen molar-refractivity contribution in [3.05, 3.63) is 35.9 Å². The molecule has 0 amide bonds. The highest BCUT2D eigenvalue weighted by Gasteiger charge is 2.57. The smallest absolute Gasteiger partial charge is 0.169 e. The Morgan fingerprint density at radius 2 is 1.68 bits per heavy atom. The van der Waals surface area contributed by atoms with E-state index in [1.807, 2.05) is 30.3 Å². The molecule has 0 saturated heterocycles. The van der Waals surface area contributed by atoms with E-state index in [2.05, 4.69) is 13.8 Å². The van der Waals surface area contributed by atoms with Gasteiger partial charge < -0.3 is 0 Å². The molecule has 1 heteroatoms. The molecular weight excluding hydrogens is 268 g/mol. The van der Waals surface area contributed by atoms with Crippen molar-refractivity contribution in [2.24, 2.45) is 11.3 Å². The van der Waals surface area contributed by atoms with E-state index in [0.29, 0.717) is 11.7 Å². The van der Waals surface area contributed by atoms with Gasteiger partial charge in [0.2, 0.25) is 0 Å². The van der Waals surface area contributed by atoms with E-state index in [4.69, 9.17) is 0 Å². The van der Waals surface area contributed by atoms with Gasteiger partial charge in [-0.3, -0.25) is 4.79 Å². The second-order valence-corrected chi connectivity index (χ2v) is 7.06. The third-order valence-electron chi connectivity index (χ3n) is 5.35. The van der Waals surface area contributed by atoms with Gasteiger partial charge >= 0.3 is 0 Å². The largest absolute Gasteiger partial charge is 0.294 e. The summed E-state index contributed by atoms with van der Waals surface area (Å²) in [4.78, 5) is 13.0. The molecule has 22 heavy (non-hydrogen) atoms. The van der Waals surface area contributed by atoms with Gasteiger partial charge in [0.15, 0.2) is 5.78 Å². The van der Waals surface area contributed by atoms with Gasteiger partial charge in [-0.05, 0) is 25.2 Å². The summed E-state index contributed by atoms with van der Waals surface area (Å²) in [5.41, 5.74) is 0.911. The predicted molar refractivity (Wildman–Crippen MR) is 94.2 cm³/mol. The average Bonchev–Trinajstić information content (AvgIpc) is 3.27. The van der Waals surface area contributed by atoms with Gasteiger partial charge in [0.05, 0.1) is 0 Å². The van der Waals surface area contributed by atoms with Crippen LogP contribution in [0.25, 0.3) is 0 Å². The quantitative estimate of drug-likeness (QED) is 0.340. The van der Waals surface area contributed by atoms with Gasteiger partial charge in [0.1, 0.15) is 0 Å². The van der Waals surface area contributed by atoms with Crippen LogP contribution < -0.4 is 0 Å². The van der Waals surface area contributed by atoms with E-state index in [-0.39, 0.29) is 5.41 Å². The van der Waals surface area contributed by atoms with Gasteiger partial charge in [0.25, 0.3) is 0 Å². The molecule has 122 valence electrons. The third-order valence-corrected chi connectivity index (χ3v) is 5.35. The molecular formula is C21H32O. The fourth-order valence-corrected chi connectivity index (χ4v) is 3.82. The summed E-state index contributed by atoms with van der Waals surface area (Å²) in [5.74, 6) is 1.06. The van der Waals surface area contributed by atoms with Crippen molar-refractivity contribution >= 4 is 5.78 Å². The topological polar surface area (TPSA) is 17.1 Å². The number of hydrogen-bond donors (Lipinski definition) is 0. The Morgan fingerprint density at radius 3 is 2.36 bits per heavy atom. The molecule has 1 saturated carbocycles. The Kier molecular flexibility index (Phi) is 6.67. The zero-order chi connectivity index (χ0) is 15.8. The zero-order valence-corrected chi connectivity index (χ0v) is 14.4. The third kappa shape index (κ3) is 4.21. The Hall–Kier alpha value is -1.11. The fraction of sp³-hybridized carbons (Fsp3) is 0.667. The summed E-state index contributed by atoms with van der Waals surface area (Å²) < 4.78 is 0. The molecule has 0 spiro atoms. The van der Waals surface area contributed by atoms with Crippen LogP contribution in [-0.4, -0.2) is 5.78 Å². The molecule has 0 N–H and O–H groups in total. The number of carbonyl (C=O) groups excluding carboxylic acids is 1. The molecule has 1 aromatic rings. The Morgan fingerprint density at radius 1 is 1.00 bits per heavy atom. The number of hydrogen-bond acceptors (Lipinski definition) is 1. The van der Waals surface area contributed by atoms with Crippen LogP contribution in [-0.2, 0) is 0 Å². The summed E-state index contributed by atoms with van der Waals surface area (Å²) in [5, 5.41) is 0. The SMILES string of the molecule is CCCCCCC[C@@H]1C[C@@]1(CCCC)C(=O)c1ccccc1. The predicted octanol–water partition coefficient (Wildman–Crippen LogP) is 6.43. The Balaban J connectivity index is 1.91. The highest BCUT2D eigenvalue weighted by atomic mass is 16.1. The van der Waals surface area contributed by atoms with Crippen LogP contribution in [0.1, 0.15) is 88.4 Å². The fourth-order valence-electron chi connectivity index (χ4n) is 3.82. The van der Waals surface area contributed by atoms with Crippen molar-refractivity contribution in [1.82, 2.24) is 0 Å². The van der Waals surface area contributed by atoms with Crippen LogP contribution in [0.4, 0.5) is 0 Å². The number of rotatable bonds is 11. The van der Waals surface area contributed by atoms with Gasteiger partial charge in [-0.15, -0.1) is 0 Å². The van der Waals surface area contributed by atoms with Gasteiger partial charge in [-0.25, -0.2) is 0 Å². The van der Waals surface area contributed by atoms with E-state index >= 15 is 0 Å². The lowest BCUT2D eigenvalue weighted by Crippen LogP contribution is -2.19. The molecule has 0 aliphatic heterocycles. The first-order valence-corrected chi connectivity index (χ1v) is 9.34. The highest BCUT2D eigenvalue weighted by molar-refractivity contribution is 6.02. The summed E-state index contributed by atoms with van der Waals surface area (Å²) >= 11 is 0. The lowest BCUT2D eigenvalue weighted by molar-refractivity contribution is 0.0873. The molecule has 1 nitrogen and oxygen atoms in total. The second kappa shape index (κ2) is 8.50. The lowest BCUT2D eigenvalue weighted by atomic mass is 9.86. The van der Waals surface area contributed by atoms with Gasteiger partial charge in [-0.2, -0.15) is 0 Å². The van der Waals surface area contributed by atoms with Crippen LogP contribution in [0.3, 0.4) is 0 Å². The maximum absolute atomic E-state index is 13.0. The number of unbranched alkanes of at least 4 members (excludes halogenated alkanes) is 5. The van der Waals surface area contributed by atoms with Crippen molar-refractivity contribution in [2.45, 2.75) is 78.1 Å². The Labute approximate surface area is 136 Å². The number of Topliss-reactive ketones (excluding diaryl/α,β-unsaturated/α-hetero) is 1. The number of carbonyl (C=O) groups is 1. The van der Waals surface area contributed by atoms with E-state index in [0.717, 1.165) is 18.4 Å². The summed E-state index contributed by atoms with van der Waals surface area (Å²) in [7, 11) is 0. The minimum Gasteiger partial charge on any atom is -0.294 e. The van der Waals surface area contributed by atoms with E-state index in [1.54, 1.807) is 0 Å². The van der Waals surface area contributed by atoms with E-state index in [9.17, 15) is 4.79 Å². The van der Waals surface area contributed by atoms with Crippen LogP contribution in [0, 0.1) is 11.3 Å². The normalized spacial score (nSPS) is 23.5. The molecule has 1 aliphatic rings. The first-order chi connectivity index (χ1) is 10.7. The molecule has 1 fully saturated rings. The lowest BCUT2D eigenvalue weighted by Gasteiger charge is -2.16. The van der Waals surface area contributed by atoms with Crippen LogP contribution in [0.15, 0.2) is 30.3 Å². The number of benzene rings is 1. The zero-order valence-electron chi connectivity index (χ0n) is 14.4. The van der Waals surface area contributed by atoms with Crippen LogP contribution >= 0.6 is 0 Å². The second-order valence-electron chi connectivity index (χ2n) is 7.06. The van der Waals surface area contributed by atoms with Crippen molar-refractivity contribution in [3.63, 3.8) is 0 Å². The summed E-state index contributed by atoms with van der Waals surface area (Å²) in [6.07, 6.45) is 12.5. The average molecular weight is 300 g/mol. The molecule has 2 atom stereocenters. The van der Waals surface area contributed by atoms with Gasteiger partial charge in [0, 0.05) is 11.0 Å². The monoisotopic (exact) mass is 300 g/mol. The van der Waals surface area contributed by atoms with Crippen LogP contribution in [0.5, 0.6) is 0 Å². The van der Waals surface area contributed by atoms with Crippen molar-refractivity contribution in [1.29, 1.82) is 0 Å². The molecule has 1 aromatic carbocycles. The Bertz CT molecular complexity index is 450. The molecule has 0 unspecified atom stereocenters. The summed E-state index contributed by atoms with van der Waals surface area (Å²) in [6, 6.07) is 9.96. The summed E-state index contributed by atoms with van der Waals surface area (Å²) in [6.45, 7) is 4.48. The molecule has 0 bridgehead atoms. The molecule has 0 aromatic heterocycles. The van der Waals surface area contributed by atoms with Crippen LogP contribution in [0.2, 0.25) is 0 Å². The first kappa shape index (κ1) is 17.2. The van der Waals surface area contributed by atoms with Crippen molar-refractivity contribution in [2.75, 3.05) is 0 Å². The molecule has 2 rings (SSSR count). The molecule has 0 radical (unpaired) electrons. The maximum atomic E-state index is 13.0. The number of ketones is 1. The first-order valence-electron chi connectivity index (χ1n) is 9.34. The van der Waals surface area contributed by atoms with E-state index in [1.165, 1.54) is 51.4 Å². The minimum absolute atomic E-state index is 0.0118. The minimum atomic E-state index is -0.0118. The highest BCUT2D eigenvalue weighted by Crippen LogP contribution is 2.60.